The lowest BCUT2D eigenvalue weighted by Gasteiger charge is -2.05. The first-order chi connectivity index (χ1) is 7.03. The molecule has 2 N–H and O–H groups in total. The molecule has 0 aromatic carbocycles. The number of hydrogen-bond acceptors (Lipinski definition) is 4. The molecular weight excluding hydrogens is 216 g/mol. The summed E-state index contributed by atoms with van der Waals surface area (Å²) in [5, 5.41) is 3.15. The van der Waals surface area contributed by atoms with E-state index in [-0.39, 0.29) is 12.2 Å². The van der Waals surface area contributed by atoms with Gasteiger partial charge in [-0.25, -0.2) is 8.42 Å². The third kappa shape index (κ3) is 5.74. The van der Waals surface area contributed by atoms with Gasteiger partial charge in [-0.2, -0.15) is 0 Å². The Morgan fingerprint density at radius 2 is 2.07 bits per heavy atom. The minimum atomic E-state index is -3.39. The summed E-state index contributed by atoms with van der Waals surface area (Å²) in [5.74, 6) is -0.411. The van der Waals surface area contributed by atoms with Gasteiger partial charge in [-0.3, -0.25) is 9.52 Å². The highest BCUT2D eigenvalue weighted by molar-refractivity contribution is 7.90. The first kappa shape index (κ1) is 12.4. The molecule has 1 saturated carbocycles. The Morgan fingerprint density at radius 1 is 1.40 bits per heavy atom. The van der Waals surface area contributed by atoms with E-state index in [9.17, 15) is 13.2 Å². The highest BCUT2D eigenvalue weighted by Crippen LogP contribution is 2.18. The van der Waals surface area contributed by atoms with Crippen LogP contribution < -0.4 is 10.0 Å². The number of nitrogens with one attached hydrogen (secondary N) is 2. The summed E-state index contributed by atoms with van der Waals surface area (Å²) in [7, 11) is -3.39. The van der Waals surface area contributed by atoms with Crippen LogP contribution in [0.3, 0.4) is 0 Å². The molecule has 1 aliphatic carbocycles. The van der Waals surface area contributed by atoms with E-state index in [1.807, 2.05) is 4.72 Å². The molecule has 1 fully saturated rings. The van der Waals surface area contributed by atoms with Gasteiger partial charge in [0.25, 0.3) is 0 Å². The van der Waals surface area contributed by atoms with Crippen LogP contribution in [0.4, 0.5) is 0 Å². The summed E-state index contributed by atoms with van der Waals surface area (Å²) >= 11 is 0. The largest absolute Gasteiger partial charge is 0.313 e. The molecule has 15 heavy (non-hydrogen) atoms. The van der Waals surface area contributed by atoms with E-state index in [1.54, 1.807) is 6.92 Å². The number of sulfonamides is 1. The average molecular weight is 234 g/mol. The second-order valence-electron chi connectivity index (χ2n) is 3.82. The Hall–Kier alpha value is -0.620. The lowest BCUT2D eigenvalue weighted by molar-refractivity contribution is -0.119. The van der Waals surface area contributed by atoms with Gasteiger partial charge in [0.15, 0.2) is 0 Å². The van der Waals surface area contributed by atoms with Crippen LogP contribution >= 0.6 is 0 Å². The Kier molecular flexibility index (Phi) is 4.53. The number of carbonyl (C=O) groups is 1. The predicted octanol–water partition coefficient (Wildman–Crippen LogP) is -0.0155. The van der Waals surface area contributed by atoms with Gasteiger partial charge in [-0.05, 0) is 19.3 Å². The first-order valence-corrected chi connectivity index (χ1v) is 6.95. The third-order valence-corrected chi connectivity index (χ3v) is 3.59. The van der Waals surface area contributed by atoms with Gasteiger partial charge < -0.3 is 5.32 Å². The highest BCUT2D eigenvalue weighted by atomic mass is 32.2. The van der Waals surface area contributed by atoms with Gasteiger partial charge in [0.1, 0.15) is 0 Å². The summed E-state index contributed by atoms with van der Waals surface area (Å²) in [5.41, 5.74) is 0. The molecule has 0 aromatic rings. The van der Waals surface area contributed by atoms with Crippen molar-refractivity contribution in [3.8, 4) is 0 Å². The lowest BCUT2D eigenvalue weighted by atomic mass is 10.4. The van der Waals surface area contributed by atoms with E-state index in [0.717, 1.165) is 12.8 Å². The maximum absolute atomic E-state index is 11.2. The molecular formula is C9H18N2O3S. The number of amides is 1. The van der Waals surface area contributed by atoms with Gasteiger partial charge >= 0.3 is 0 Å². The van der Waals surface area contributed by atoms with E-state index in [2.05, 4.69) is 5.32 Å². The van der Waals surface area contributed by atoms with Crippen molar-refractivity contribution in [2.75, 3.05) is 12.3 Å². The van der Waals surface area contributed by atoms with Crippen LogP contribution in [0.1, 0.15) is 32.6 Å². The monoisotopic (exact) mass is 234 g/mol. The van der Waals surface area contributed by atoms with Crippen LogP contribution in [0.5, 0.6) is 0 Å². The number of rotatable bonds is 7. The molecule has 6 heteroatoms. The van der Waals surface area contributed by atoms with Crippen LogP contribution in [-0.4, -0.2) is 32.7 Å². The van der Waals surface area contributed by atoms with Crippen LogP contribution in [0, 0.1) is 0 Å². The summed E-state index contributed by atoms with van der Waals surface area (Å²) in [6.45, 7) is 2.32. The second kappa shape index (κ2) is 5.46. The van der Waals surface area contributed by atoms with Crippen molar-refractivity contribution in [1.82, 2.24) is 10.0 Å². The molecule has 0 heterocycles. The fourth-order valence-electron chi connectivity index (χ4n) is 1.22. The molecule has 0 saturated heterocycles. The zero-order valence-electron chi connectivity index (χ0n) is 8.95. The fourth-order valence-corrected chi connectivity index (χ4v) is 2.31. The van der Waals surface area contributed by atoms with Crippen molar-refractivity contribution in [2.45, 2.75) is 38.6 Å². The molecule has 0 bridgehead atoms. The Bertz CT molecular complexity index is 309. The Balaban J connectivity index is 2.16. The normalized spacial score (nSPS) is 16.3. The maximum Gasteiger partial charge on any atom is 0.234 e. The quantitative estimate of drug-likeness (QED) is 0.649. The van der Waals surface area contributed by atoms with Gasteiger partial charge in [-0.15, -0.1) is 0 Å². The van der Waals surface area contributed by atoms with E-state index >= 15 is 0 Å². The Labute approximate surface area is 90.7 Å². The first-order valence-electron chi connectivity index (χ1n) is 5.30. The van der Waals surface area contributed by atoms with E-state index in [4.69, 9.17) is 0 Å². The Morgan fingerprint density at radius 3 is 2.60 bits per heavy atom. The smallest absolute Gasteiger partial charge is 0.234 e. The molecule has 1 rings (SSSR count). The fraction of sp³-hybridized carbons (Fsp3) is 0.889. The standard InChI is InChI=1S/C9H18N2O3S/c1-2-7-15(13,14)11-9(12)5-6-10-8-3-4-8/h8,10H,2-7H2,1H3,(H,11,12). The summed E-state index contributed by atoms with van der Waals surface area (Å²) in [6, 6.07) is 0.546. The van der Waals surface area contributed by atoms with Gasteiger partial charge in [0.2, 0.25) is 15.9 Å². The third-order valence-electron chi connectivity index (χ3n) is 2.10. The second-order valence-corrected chi connectivity index (χ2v) is 5.66. The van der Waals surface area contributed by atoms with Crippen LogP contribution in [0.2, 0.25) is 0 Å². The summed E-state index contributed by atoms with van der Waals surface area (Å²) in [6.07, 6.45) is 3.06. The topological polar surface area (TPSA) is 75.3 Å². The highest BCUT2D eigenvalue weighted by Gasteiger charge is 2.20. The molecule has 0 aromatic heterocycles. The zero-order chi connectivity index (χ0) is 11.3. The number of carbonyl (C=O) groups excluding carboxylic acids is 1. The lowest BCUT2D eigenvalue weighted by Crippen LogP contribution is -2.34. The van der Waals surface area contributed by atoms with E-state index in [0.29, 0.717) is 19.0 Å². The van der Waals surface area contributed by atoms with Crippen molar-refractivity contribution in [1.29, 1.82) is 0 Å². The van der Waals surface area contributed by atoms with Gasteiger partial charge in [0.05, 0.1) is 5.75 Å². The predicted molar refractivity (Wildman–Crippen MR) is 57.9 cm³/mol. The summed E-state index contributed by atoms with van der Waals surface area (Å²) < 4.78 is 24.4. The molecule has 0 atom stereocenters. The molecule has 5 nitrogen and oxygen atoms in total. The summed E-state index contributed by atoms with van der Waals surface area (Å²) in [4.78, 5) is 11.2. The molecule has 0 spiro atoms. The molecule has 0 aliphatic heterocycles. The minimum Gasteiger partial charge on any atom is -0.313 e. The minimum absolute atomic E-state index is 0.00872. The van der Waals surface area contributed by atoms with Crippen LogP contribution in [-0.2, 0) is 14.8 Å². The molecule has 1 aliphatic rings. The SMILES string of the molecule is CCCS(=O)(=O)NC(=O)CCNC1CC1. The maximum atomic E-state index is 11.2. The average Bonchev–Trinajstić information content (AvgIpc) is 2.86. The molecule has 1 amide bonds. The molecule has 88 valence electrons. The van der Waals surface area contributed by atoms with Crippen molar-refractivity contribution in [3.63, 3.8) is 0 Å². The van der Waals surface area contributed by atoms with Crippen molar-refractivity contribution in [3.05, 3.63) is 0 Å². The van der Waals surface area contributed by atoms with Crippen molar-refractivity contribution >= 4 is 15.9 Å². The van der Waals surface area contributed by atoms with Crippen LogP contribution in [0.15, 0.2) is 0 Å². The van der Waals surface area contributed by atoms with Crippen LogP contribution in [0.25, 0.3) is 0 Å². The van der Waals surface area contributed by atoms with Gasteiger partial charge in [-0.1, -0.05) is 6.92 Å². The van der Waals surface area contributed by atoms with Gasteiger partial charge in [0, 0.05) is 19.0 Å². The zero-order valence-corrected chi connectivity index (χ0v) is 9.77. The van der Waals surface area contributed by atoms with E-state index in [1.165, 1.54) is 0 Å². The molecule has 0 radical (unpaired) electrons. The van der Waals surface area contributed by atoms with Crippen molar-refractivity contribution in [2.24, 2.45) is 0 Å². The van der Waals surface area contributed by atoms with Crippen molar-refractivity contribution < 1.29 is 13.2 Å². The molecule has 0 unspecified atom stereocenters. The van der Waals surface area contributed by atoms with E-state index < -0.39 is 15.9 Å². The number of hydrogen-bond donors (Lipinski definition) is 2.